The number of likely N-dealkylation sites (tertiary alicyclic amines) is 1. The molecule has 6 nitrogen and oxygen atoms in total. The first kappa shape index (κ1) is 15.7. The van der Waals surface area contributed by atoms with Crippen molar-refractivity contribution in [1.82, 2.24) is 15.1 Å². The topological polar surface area (TPSA) is 73.1 Å². The standard InChI is InChI=1S/C17H23N5O/c1-11-12(2)19-20-17(14(11)10-18)22-9-5-7-16(22)15-6-4-8-21(15)13(3)23/h15-16H,4-9H2,1-3H3/t15-,16-/m1/s1. The fourth-order valence-electron chi connectivity index (χ4n) is 3.97. The molecule has 0 unspecified atom stereocenters. The highest BCUT2D eigenvalue weighted by Crippen LogP contribution is 2.34. The molecule has 2 aliphatic rings. The van der Waals surface area contributed by atoms with Crippen molar-refractivity contribution in [1.29, 1.82) is 5.26 Å². The van der Waals surface area contributed by atoms with Crippen LogP contribution in [0.2, 0.25) is 0 Å². The van der Waals surface area contributed by atoms with Gasteiger partial charge in [-0.15, -0.1) is 5.10 Å². The van der Waals surface area contributed by atoms with Gasteiger partial charge in [0.15, 0.2) is 5.82 Å². The number of anilines is 1. The SMILES string of the molecule is CC(=O)N1CCC[C@@H]1[C@H]1CCCN1c1nnc(C)c(C)c1C#N. The minimum atomic E-state index is 0.144. The Balaban J connectivity index is 1.96. The van der Waals surface area contributed by atoms with Gasteiger partial charge in [-0.1, -0.05) is 0 Å². The van der Waals surface area contributed by atoms with E-state index >= 15 is 0 Å². The summed E-state index contributed by atoms with van der Waals surface area (Å²) in [6, 6.07) is 2.77. The Bertz CT molecular complexity index is 666. The van der Waals surface area contributed by atoms with Gasteiger partial charge in [-0.05, 0) is 45.1 Å². The average molecular weight is 313 g/mol. The molecule has 23 heavy (non-hydrogen) atoms. The van der Waals surface area contributed by atoms with E-state index in [2.05, 4.69) is 21.2 Å². The first-order valence-corrected chi connectivity index (χ1v) is 8.32. The summed E-state index contributed by atoms with van der Waals surface area (Å²) in [5.74, 6) is 0.833. The minimum absolute atomic E-state index is 0.144. The molecule has 0 radical (unpaired) electrons. The molecular formula is C17H23N5O. The zero-order chi connectivity index (χ0) is 16.6. The van der Waals surface area contributed by atoms with Gasteiger partial charge in [-0.3, -0.25) is 4.79 Å². The maximum Gasteiger partial charge on any atom is 0.219 e. The molecule has 2 atom stereocenters. The predicted molar refractivity (Wildman–Crippen MR) is 87.0 cm³/mol. The van der Waals surface area contributed by atoms with Gasteiger partial charge in [0.1, 0.15) is 11.6 Å². The number of nitriles is 1. The van der Waals surface area contributed by atoms with Crippen LogP contribution in [0, 0.1) is 25.2 Å². The van der Waals surface area contributed by atoms with Crippen molar-refractivity contribution in [2.24, 2.45) is 0 Å². The molecule has 0 aliphatic carbocycles. The first-order valence-electron chi connectivity index (χ1n) is 8.32. The second-order valence-corrected chi connectivity index (χ2v) is 6.55. The number of aryl methyl sites for hydroxylation is 1. The number of carbonyl (C=O) groups excluding carboxylic acids is 1. The second kappa shape index (κ2) is 6.15. The predicted octanol–water partition coefficient (Wildman–Crippen LogP) is 1.94. The van der Waals surface area contributed by atoms with Crippen LogP contribution in [-0.4, -0.2) is 46.2 Å². The van der Waals surface area contributed by atoms with Crippen LogP contribution in [0.3, 0.4) is 0 Å². The normalized spacial score (nSPS) is 24.1. The van der Waals surface area contributed by atoms with E-state index in [-0.39, 0.29) is 18.0 Å². The molecule has 1 aromatic heterocycles. The molecule has 2 saturated heterocycles. The smallest absolute Gasteiger partial charge is 0.219 e. The summed E-state index contributed by atoms with van der Waals surface area (Å²) in [5.41, 5.74) is 2.32. The van der Waals surface area contributed by atoms with Gasteiger partial charge in [-0.25, -0.2) is 0 Å². The maximum absolute atomic E-state index is 11.9. The van der Waals surface area contributed by atoms with Gasteiger partial charge in [-0.2, -0.15) is 10.4 Å². The van der Waals surface area contributed by atoms with E-state index in [4.69, 9.17) is 0 Å². The van der Waals surface area contributed by atoms with Crippen LogP contribution in [0.5, 0.6) is 0 Å². The molecular weight excluding hydrogens is 290 g/mol. The van der Waals surface area contributed by atoms with Crippen molar-refractivity contribution in [3.63, 3.8) is 0 Å². The lowest BCUT2D eigenvalue weighted by atomic mass is 10.0. The number of rotatable bonds is 2. The van der Waals surface area contributed by atoms with E-state index in [1.807, 2.05) is 18.7 Å². The highest BCUT2D eigenvalue weighted by atomic mass is 16.2. The molecule has 3 heterocycles. The molecule has 6 heteroatoms. The van der Waals surface area contributed by atoms with Crippen LogP contribution in [0.15, 0.2) is 0 Å². The number of aromatic nitrogens is 2. The molecule has 3 rings (SSSR count). The summed E-state index contributed by atoms with van der Waals surface area (Å²) in [5, 5.41) is 18.1. The number of carbonyl (C=O) groups is 1. The molecule has 0 spiro atoms. The molecule has 0 aromatic carbocycles. The summed E-state index contributed by atoms with van der Waals surface area (Å²) in [4.78, 5) is 16.1. The van der Waals surface area contributed by atoms with E-state index in [9.17, 15) is 10.1 Å². The summed E-state index contributed by atoms with van der Waals surface area (Å²) >= 11 is 0. The summed E-state index contributed by atoms with van der Waals surface area (Å²) in [6.07, 6.45) is 4.18. The van der Waals surface area contributed by atoms with Crippen LogP contribution in [0.25, 0.3) is 0 Å². The lowest BCUT2D eigenvalue weighted by Crippen LogP contribution is -2.48. The van der Waals surface area contributed by atoms with Crippen molar-refractivity contribution in [2.75, 3.05) is 18.0 Å². The van der Waals surface area contributed by atoms with Gasteiger partial charge in [0, 0.05) is 20.0 Å². The van der Waals surface area contributed by atoms with Crippen LogP contribution in [-0.2, 0) is 4.79 Å². The summed E-state index contributed by atoms with van der Waals surface area (Å²) in [7, 11) is 0. The van der Waals surface area contributed by atoms with E-state index < -0.39 is 0 Å². The Morgan fingerprint density at radius 2 is 1.87 bits per heavy atom. The van der Waals surface area contributed by atoms with E-state index in [1.165, 1.54) is 0 Å². The van der Waals surface area contributed by atoms with Crippen LogP contribution in [0.4, 0.5) is 5.82 Å². The Kier molecular flexibility index (Phi) is 4.20. The summed E-state index contributed by atoms with van der Waals surface area (Å²) in [6.45, 7) is 7.17. The van der Waals surface area contributed by atoms with Gasteiger partial charge < -0.3 is 9.80 Å². The largest absolute Gasteiger partial charge is 0.349 e. The summed E-state index contributed by atoms with van der Waals surface area (Å²) < 4.78 is 0. The molecule has 1 amide bonds. The van der Waals surface area contributed by atoms with Crippen LogP contribution >= 0.6 is 0 Å². The van der Waals surface area contributed by atoms with Crippen LogP contribution < -0.4 is 4.90 Å². The highest BCUT2D eigenvalue weighted by Gasteiger charge is 2.40. The fourth-order valence-corrected chi connectivity index (χ4v) is 3.97. The lowest BCUT2D eigenvalue weighted by molar-refractivity contribution is -0.129. The average Bonchev–Trinajstić information content (AvgIpc) is 3.17. The van der Waals surface area contributed by atoms with Gasteiger partial charge in [0.25, 0.3) is 0 Å². The molecule has 1 aromatic rings. The third kappa shape index (κ3) is 2.65. The fraction of sp³-hybridized carbons (Fsp3) is 0.647. The zero-order valence-corrected chi connectivity index (χ0v) is 14.0. The number of amides is 1. The molecule has 0 bridgehead atoms. The van der Waals surface area contributed by atoms with Crippen molar-refractivity contribution >= 4 is 11.7 Å². The Labute approximate surface area is 137 Å². The van der Waals surface area contributed by atoms with Crippen molar-refractivity contribution < 1.29 is 4.79 Å². The molecule has 2 aliphatic heterocycles. The zero-order valence-electron chi connectivity index (χ0n) is 14.0. The second-order valence-electron chi connectivity index (χ2n) is 6.55. The number of hydrogen-bond acceptors (Lipinski definition) is 5. The molecule has 122 valence electrons. The Morgan fingerprint density at radius 1 is 1.17 bits per heavy atom. The van der Waals surface area contributed by atoms with Crippen molar-refractivity contribution in [3.05, 3.63) is 16.8 Å². The van der Waals surface area contributed by atoms with Crippen LogP contribution in [0.1, 0.15) is 49.4 Å². The van der Waals surface area contributed by atoms with Gasteiger partial charge in [0.05, 0.1) is 17.8 Å². The van der Waals surface area contributed by atoms with Gasteiger partial charge >= 0.3 is 0 Å². The van der Waals surface area contributed by atoms with Gasteiger partial charge in [0.2, 0.25) is 5.91 Å². The molecule has 0 saturated carbocycles. The molecule has 2 fully saturated rings. The lowest BCUT2D eigenvalue weighted by Gasteiger charge is -2.35. The maximum atomic E-state index is 11.9. The minimum Gasteiger partial charge on any atom is -0.349 e. The highest BCUT2D eigenvalue weighted by molar-refractivity contribution is 5.74. The first-order chi connectivity index (χ1) is 11.0. The van der Waals surface area contributed by atoms with Crippen molar-refractivity contribution in [3.8, 4) is 6.07 Å². The van der Waals surface area contributed by atoms with Crippen molar-refractivity contribution in [2.45, 2.75) is 58.5 Å². The third-order valence-electron chi connectivity index (χ3n) is 5.27. The Hall–Kier alpha value is -2.16. The van der Waals surface area contributed by atoms with E-state index in [0.717, 1.165) is 50.0 Å². The monoisotopic (exact) mass is 313 g/mol. The van der Waals surface area contributed by atoms with E-state index in [0.29, 0.717) is 11.4 Å². The number of nitrogens with zero attached hydrogens (tertiary/aromatic N) is 5. The number of hydrogen-bond donors (Lipinski definition) is 0. The van der Waals surface area contributed by atoms with E-state index in [1.54, 1.807) is 6.92 Å². The quantitative estimate of drug-likeness (QED) is 0.834. The molecule has 0 N–H and O–H groups in total. The Morgan fingerprint density at radius 3 is 2.57 bits per heavy atom. The third-order valence-corrected chi connectivity index (χ3v) is 5.27.